The van der Waals surface area contributed by atoms with Gasteiger partial charge >= 0.3 is 0 Å². The van der Waals surface area contributed by atoms with Gasteiger partial charge in [0.15, 0.2) is 0 Å². The van der Waals surface area contributed by atoms with Gasteiger partial charge in [0.25, 0.3) is 5.78 Å². The van der Waals surface area contributed by atoms with Crippen LogP contribution in [-0.2, 0) is 17.8 Å². The summed E-state index contributed by atoms with van der Waals surface area (Å²) in [5.41, 5.74) is 4.56. The molecule has 0 N–H and O–H groups in total. The minimum absolute atomic E-state index is 0.0602. The minimum Gasteiger partial charge on any atom is -0.491 e. The first-order chi connectivity index (χ1) is 14.3. The van der Waals surface area contributed by atoms with E-state index in [4.69, 9.17) is 4.74 Å². The van der Waals surface area contributed by atoms with E-state index in [1.165, 1.54) is 30.3 Å². The van der Waals surface area contributed by atoms with Gasteiger partial charge in [0.2, 0.25) is 5.91 Å². The fourth-order valence-corrected chi connectivity index (χ4v) is 4.04. The molecule has 0 bridgehead atoms. The molecule has 7 nitrogen and oxygen atoms in total. The largest absolute Gasteiger partial charge is 0.491 e. The highest BCUT2D eigenvalue weighted by molar-refractivity contribution is 5.79. The smallest absolute Gasteiger partial charge is 0.252 e. The highest BCUT2D eigenvalue weighted by Crippen LogP contribution is 2.31. The zero-order valence-corrected chi connectivity index (χ0v) is 16.3. The molecule has 1 aliphatic heterocycles. The number of carbonyl (C=O) groups excluding carboxylic acids is 1. The van der Waals surface area contributed by atoms with E-state index in [1.54, 1.807) is 10.7 Å². The molecule has 0 saturated heterocycles. The first-order valence-corrected chi connectivity index (χ1v) is 10.1. The summed E-state index contributed by atoms with van der Waals surface area (Å²) in [5, 5.41) is 4.09. The number of carbonyl (C=O) groups is 1. The van der Waals surface area contributed by atoms with Crippen LogP contribution in [0.5, 0.6) is 5.75 Å². The van der Waals surface area contributed by atoms with Crippen LogP contribution in [0.2, 0.25) is 0 Å². The Labute approximate surface area is 169 Å². The normalized spacial score (nSPS) is 16.7. The molecule has 148 valence electrons. The van der Waals surface area contributed by atoms with Gasteiger partial charge in [0.05, 0.1) is 13.0 Å². The lowest BCUT2D eigenvalue weighted by atomic mass is 9.92. The van der Waals surface area contributed by atoms with E-state index >= 15 is 0 Å². The summed E-state index contributed by atoms with van der Waals surface area (Å²) >= 11 is 0. The number of rotatable bonds is 3. The second-order valence-corrected chi connectivity index (χ2v) is 7.61. The summed E-state index contributed by atoms with van der Waals surface area (Å²) in [4.78, 5) is 23.1. The Bertz CT molecular complexity index is 1090. The second-order valence-electron chi connectivity index (χ2n) is 7.61. The monoisotopic (exact) mass is 389 g/mol. The van der Waals surface area contributed by atoms with E-state index in [-0.39, 0.29) is 12.3 Å². The number of hydrogen-bond donors (Lipinski definition) is 0. The quantitative estimate of drug-likeness (QED) is 0.688. The summed E-state index contributed by atoms with van der Waals surface area (Å²) in [5.74, 6) is 1.47. The van der Waals surface area contributed by atoms with Crippen molar-refractivity contribution in [1.29, 1.82) is 0 Å². The average molecular weight is 389 g/mol. The van der Waals surface area contributed by atoms with Crippen LogP contribution >= 0.6 is 0 Å². The summed E-state index contributed by atoms with van der Waals surface area (Å²) in [6, 6.07) is 6.39. The van der Waals surface area contributed by atoms with E-state index in [9.17, 15) is 4.79 Å². The molecule has 2 aromatic heterocycles. The third-order valence-corrected chi connectivity index (χ3v) is 5.60. The number of ether oxygens (including phenoxy) is 1. The van der Waals surface area contributed by atoms with Crippen LogP contribution in [0, 0.1) is 0 Å². The van der Waals surface area contributed by atoms with Crippen molar-refractivity contribution in [1.82, 2.24) is 24.5 Å². The molecule has 0 unspecified atom stereocenters. The molecule has 3 aromatic rings. The Morgan fingerprint density at radius 1 is 1.21 bits per heavy atom. The third kappa shape index (κ3) is 3.72. The summed E-state index contributed by atoms with van der Waals surface area (Å²) in [7, 11) is 0. The van der Waals surface area contributed by atoms with Gasteiger partial charge < -0.3 is 9.64 Å². The number of aromatic nitrogens is 4. The molecule has 1 aliphatic carbocycles. The average Bonchev–Trinajstić information content (AvgIpc) is 3.11. The molecule has 0 spiro atoms. The molecule has 0 fully saturated rings. The van der Waals surface area contributed by atoms with Crippen molar-refractivity contribution in [3.05, 3.63) is 59.7 Å². The lowest BCUT2D eigenvalue weighted by Crippen LogP contribution is -2.33. The third-order valence-electron chi connectivity index (χ3n) is 5.60. The Morgan fingerprint density at radius 2 is 2.17 bits per heavy atom. The zero-order chi connectivity index (χ0) is 19.6. The number of nitrogens with zero attached hydrogens (tertiary/aromatic N) is 5. The van der Waals surface area contributed by atoms with Gasteiger partial charge in [-0.1, -0.05) is 12.1 Å². The highest BCUT2D eigenvalue weighted by atomic mass is 16.5. The number of hydrogen-bond acceptors (Lipinski definition) is 5. The van der Waals surface area contributed by atoms with Crippen LogP contribution in [0.1, 0.15) is 42.4 Å². The second kappa shape index (κ2) is 7.66. The number of fused-ring (bicyclic) bond motifs is 2. The van der Waals surface area contributed by atoms with Gasteiger partial charge in [0, 0.05) is 24.5 Å². The van der Waals surface area contributed by atoms with Gasteiger partial charge in [-0.25, -0.2) is 9.50 Å². The van der Waals surface area contributed by atoms with Crippen molar-refractivity contribution >= 4 is 17.3 Å². The molecule has 2 aliphatic rings. The Balaban J connectivity index is 1.35. The van der Waals surface area contributed by atoms with Crippen molar-refractivity contribution in [2.24, 2.45) is 0 Å². The zero-order valence-electron chi connectivity index (χ0n) is 16.3. The molecule has 0 atom stereocenters. The lowest BCUT2D eigenvalue weighted by Gasteiger charge is -2.20. The summed E-state index contributed by atoms with van der Waals surface area (Å²) in [6.45, 7) is 1.64. The number of benzene rings is 1. The molecule has 1 amide bonds. The minimum atomic E-state index is 0.0602. The van der Waals surface area contributed by atoms with E-state index in [0.29, 0.717) is 25.5 Å². The maximum Gasteiger partial charge on any atom is 0.252 e. The Kier molecular flexibility index (Phi) is 4.71. The van der Waals surface area contributed by atoms with E-state index in [1.807, 2.05) is 11.1 Å². The molecule has 5 rings (SSSR count). The van der Waals surface area contributed by atoms with E-state index in [0.717, 1.165) is 29.7 Å². The van der Waals surface area contributed by atoms with Crippen molar-refractivity contribution in [2.75, 3.05) is 13.2 Å². The molecular formula is C22H23N5O2. The maximum absolute atomic E-state index is 13.0. The van der Waals surface area contributed by atoms with Crippen LogP contribution in [0.4, 0.5) is 0 Å². The number of allylic oxidation sites excluding steroid dienone is 2. The first kappa shape index (κ1) is 17.8. The fourth-order valence-electron chi connectivity index (χ4n) is 4.04. The Morgan fingerprint density at radius 3 is 3.07 bits per heavy atom. The predicted molar refractivity (Wildman–Crippen MR) is 108 cm³/mol. The van der Waals surface area contributed by atoms with Gasteiger partial charge in [0.1, 0.15) is 18.7 Å². The SMILES string of the molecule is O=C(Cc1cnc2ncnn2c1)N1CCOc2ccc(C3=CCCCC3)cc2C1. The van der Waals surface area contributed by atoms with Crippen molar-refractivity contribution in [2.45, 2.75) is 38.6 Å². The van der Waals surface area contributed by atoms with Crippen LogP contribution in [0.15, 0.2) is 43.0 Å². The van der Waals surface area contributed by atoms with Crippen LogP contribution in [0.25, 0.3) is 11.4 Å². The van der Waals surface area contributed by atoms with Gasteiger partial charge in [-0.2, -0.15) is 10.1 Å². The van der Waals surface area contributed by atoms with E-state index in [2.05, 4.69) is 39.3 Å². The van der Waals surface area contributed by atoms with Crippen LogP contribution in [-0.4, -0.2) is 43.5 Å². The molecule has 29 heavy (non-hydrogen) atoms. The van der Waals surface area contributed by atoms with Crippen molar-refractivity contribution in [3.63, 3.8) is 0 Å². The van der Waals surface area contributed by atoms with Crippen molar-refractivity contribution in [3.8, 4) is 5.75 Å². The summed E-state index contributed by atoms with van der Waals surface area (Å²) in [6.07, 6.45) is 12.4. The maximum atomic E-state index is 13.0. The number of amides is 1. The molecule has 0 saturated carbocycles. The molecule has 1 aromatic carbocycles. The summed E-state index contributed by atoms with van der Waals surface area (Å²) < 4.78 is 7.51. The Hall–Kier alpha value is -3.22. The van der Waals surface area contributed by atoms with Crippen molar-refractivity contribution < 1.29 is 9.53 Å². The van der Waals surface area contributed by atoms with Crippen LogP contribution in [0.3, 0.4) is 0 Å². The first-order valence-electron chi connectivity index (χ1n) is 10.1. The molecular weight excluding hydrogens is 366 g/mol. The predicted octanol–water partition coefficient (Wildman–Crippen LogP) is 3.05. The van der Waals surface area contributed by atoms with Crippen LogP contribution < -0.4 is 4.74 Å². The molecule has 7 heteroatoms. The van der Waals surface area contributed by atoms with Gasteiger partial charge in [-0.3, -0.25) is 4.79 Å². The highest BCUT2D eigenvalue weighted by Gasteiger charge is 2.21. The molecule has 3 heterocycles. The standard InChI is InChI=1S/C22H23N5O2/c28-21(10-16-12-23-22-24-15-25-27(22)13-16)26-8-9-29-20-7-6-18(11-19(20)14-26)17-4-2-1-3-5-17/h4,6-7,11-13,15H,1-3,5,8-10,14H2. The fraction of sp³-hybridized carbons (Fsp3) is 0.364. The lowest BCUT2D eigenvalue weighted by molar-refractivity contribution is -0.131. The van der Waals surface area contributed by atoms with Gasteiger partial charge in [-0.15, -0.1) is 0 Å². The van der Waals surface area contributed by atoms with E-state index < -0.39 is 0 Å². The van der Waals surface area contributed by atoms with Gasteiger partial charge in [-0.05, 0) is 54.5 Å². The molecule has 0 radical (unpaired) electrons. The topological polar surface area (TPSA) is 72.6 Å².